The quantitative estimate of drug-likeness (QED) is 0.794. The highest BCUT2D eigenvalue weighted by Crippen LogP contribution is 2.08. The third-order valence-corrected chi connectivity index (χ3v) is 2.20. The summed E-state index contributed by atoms with van der Waals surface area (Å²) in [4.78, 5) is 22.0. The lowest BCUT2D eigenvalue weighted by molar-refractivity contribution is -0.137. The summed E-state index contributed by atoms with van der Waals surface area (Å²) in [6.07, 6.45) is 1.49. The molecule has 2 N–H and O–H groups in total. The number of carbonyl (C=O) groups excluding carboxylic acids is 1. The molecule has 5 nitrogen and oxygen atoms in total. The Morgan fingerprint density at radius 2 is 2.25 bits per heavy atom. The number of nitrogens with one attached hydrogen (secondary N) is 1. The first kappa shape index (κ1) is 12.3. The first-order chi connectivity index (χ1) is 7.50. The van der Waals surface area contributed by atoms with Gasteiger partial charge in [-0.1, -0.05) is 6.92 Å². The van der Waals surface area contributed by atoms with Gasteiger partial charge in [0.2, 0.25) is 0 Å². The molecule has 1 atom stereocenters. The van der Waals surface area contributed by atoms with Crippen LogP contribution in [0, 0.1) is 12.8 Å². The molecule has 0 spiro atoms. The number of aliphatic carboxylic acids is 1. The van der Waals surface area contributed by atoms with Gasteiger partial charge in [-0.25, -0.2) is 0 Å². The zero-order chi connectivity index (χ0) is 12.1. The van der Waals surface area contributed by atoms with E-state index >= 15 is 0 Å². The van der Waals surface area contributed by atoms with Gasteiger partial charge in [-0.2, -0.15) is 0 Å². The Labute approximate surface area is 93.4 Å². The molecule has 0 saturated heterocycles. The molecule has 1 unspecified atom stereocenters. The van der Waals surface area contributed by atoms with Crippen molar-refractivity contribution in [3.8, 4) is 0 Å². The van der Waals surface area contributed by atoms with Crippen molar-refractivity contribution in [2.24, 2.45) is 5.92 Å². The van der Waals surface area contributed by atoms with Crippen molar-refractivity contribution in [1.82, 2.24) is 5.32 Å². The summed E-state index contributed by atoms with van der Waals surface area (Å²) in [5.41, 5.74) is 0.767. The van der Waals surface area contributed by atoms with Crippen LogP contribution in [0.15, 0.2) is 16.7 Å². The predicted octanol–water partition coefficient (Wildman–Crippen LogP) is 1.43. The van der Waals surface area contributed by atoms with Gasteiger partial charge < -0.3 is 14.8 Å². The van der Waals surface area contributed by atoms with E-state index in [1.165, 1.54) is 6.26 Å². The molecule has 0 saturated carbocycles. The van der Waals surface area contributed by atoms with Crippen molar-refractivity contribution in [2.45, 2.75) is 20.3 Å². The van der Waals surface area contributed by atoms with E-state index in [0.717, 1.165) is 5.56 Å². The lowest BCUT2D eigenvalue weighted by atomic mass is 10.1. The Hall–Kier alpha value is -1.78. The van der Waals surface area contributed by atoms with Crippen LogP contribution in [0.4, 0.5) is 0 Å². The lowest BCUT2D eigenvalue weighted by Crippen LogP contribution is -2.29. The minimum Gasteiger partial charge on any atom is -0.481 e. The normalized spacial score (nSPS) is 12.1. The maximum atomic E-state index is 11.6. The SMILES string of the molecule is Cc1ccoc1C(=O)NCC(C)CC(=O)O. The molecular formula is C11H15NO4. The highest BCUT2D eigenvalue weighted by molar-refractivity contribution is 5.92. The second kappa shape index (κ2) is 5.34. The van der Waals surface area contributed by atoms with Gasteiger partial charge in [0.1, 0.15) is 0 Å². The summed E-state index contributed by atoms with van der Waals surface area (Å²) in [7, 11) is 0. The molecule has 0 aliphatic rings. The first-order valence-corrected chi connectivity index (χ1v) is 5.04. The molecule has 5 heteroatoms. The molecule has 88 valence electrons. The molecule has 0 aromatic carbocycles. The van der Waals surface area contributed by atoms with Gasteiger partial charge in [0, 0.05) is 18.5 Å². The number of carboxylic acid groups (broad SMARTS) is 1. The van der Waals surface area contributed by atoms with Gasteiger partial charge in [0.25, 0.3) is 5.91 Å². The third-order valence-electron chi connectivity index (χ3n) is 2.20. The van der Waals surface area contributed by atoms with Gasteiger partial charge in [-0.3, -0.25) is 9.59 Å². The van der Waals surface area contributed by atoms with E-state index in [4.69, 9.17) is 9.52 Å². The van der Waals surface area contributed by atoms with E-state index in [9.17, 15) is 9.59 Å². The fraction of sp³-hybridized carbons (Fsp3) is 0.455. The van der Waals surface area contributed by atoms with E-state index in [1.807, 2.05) is 0 Å². The zero-order valence-electron chi connectivity index (χ0n) is 9.32. The highest BCUT2D eigenvalue weighted by Gasteiger charge is 2.14. The summed E-state index contributed by atoms with van der Waals surface area (Å²) in [5.74, 6) is -0.991. The number of hydrogen-bond donors (Lipinski definition) is 2. The minimum absolute atomic E-state index is 0.0391. The molecule has 0 bridgehead atoms. The van der Waals surface area contributed by atoms with Crippen molar-refractivity contribution in [2.75, 3.05) is 6.54 Å². The van der Waals surface area contributed by atoms with Crippen LogP contribution < -0.4 is 5.32 Å². The Morgan fingerprint density at radius 1 is 1.56 bits per heavy atom. The van der Waals surface area contributed by atoms with Crippen molar-refractivity contribution in [3.63, 3.8) is 0 Å². The fourth-order valence-electron chi connectivity index (χ4n) is 1.32. The Kier molecular flexibility index (Phi) is 4.10. The lowest BCUT2D eigenvalue weighted by Gasteiger charge is -2.09. The predicted molar refractivity (Wildman–Crippen MR) is 57.2 cm³/mol. The Balaban J connectivity index is 2.42. The standard InChI is InChI=1S/C11H15NO4/c1-7(5-9(13)14)6-12-11(15)10-8(2)3-4-16-10/h3-4,7H,5-6H2,1-2H3,(H,12,15)(H,13,14). The fourth-order valence-corrected chi connectivity index (χ4v) is 1.32. The maximum Gasteiger partial charge on any atom is 0.303 e. The summed E-state index contributed by atoms with van der Waals surface area (Å²) in [5, 5.41) is 11.2. The molecule has 0 aliphatic heterocycles. The van der Waals surface area contributed by atoms with Gasteiger partial charge in [0.05, 0.1) is 6.26 Å². The average Bonchev–Trinajstić information content (AvgIpc) is 2.60. The topological polar surface area (TPSA) is 79.5 Å². The van der Waals surface area contributed by atoms with Gasteiger partial charge in [-0.15, -0.1) is 0 Å². The monoisotopic (exact) mass is 225 g/mol. The number of carbonyl (C=O) groups is 2. The maximum absolute atomic E-state index is 11.6. The molecule has 0 radical (unpaired) electrons. The van der Waals surface area contributed by atoms with Crippen LogP contribution in [-0.4, -0.2) is 23.5 Å². The molecule has 1 rings (SSSR count). The van der Waals surface area contributed by atoms with Crippen LogP contribution in [0.25, 0.3) is 0 Å². The summed E-state index contributed by atoms with van der Waals surface area (Å²) in [6.45, 7) is 3.87. The average molecular weight is 225 g/mol. The Morgan fingerprint density at radius 3 is 2.75 bits per heavy atom. The molecule has 0 aliphatic carbocycles. The van der Waals surface area contributed by atoms with E-state index in [0.29, 0.717) is 6.54 Å². The number of rotatable bonds is 5. The second-order valence-corrected chi connectivity index (χ2v) is 3.85. The number of furan rings is 1. The van der Waals surface area contributed by atoms with Crippen LogP contribution in [0.5, 0.6) is 0 Å². The van der Waals surface area contributed by atoms with Crippen molar-refractivity contribution in [3.05, 3.63) is 23.7 Å². The van der Waals surface area contributed by atoms with Gasteiger partial charge >= 0.3 is 5.97 Å². The molecule has 16 heavy (non-hydrogen) atoms. The van der Waals surface area contributed by atoms with Gasteiger partial charge in [0.15, 0.2) is 5.76 Å². The van der Waals surface area contributed by atoms with Crippen molar-refractivity contribution < 1.29 is 19.1 Å². The molecule has 1 heterocycles. The number of aryl methyl sites for hydroxylation is 1. The highest BCUT2D eigenvalue weighted by atomic mass is 16.4. The molecular weight excluding hydrogens is 210 g/mol. The smallest absolute Gasteiger partial charge is 0.303 e. The van der Waals surface area contributed by atoms with Crippen LogP contribution in [0.3, 0.4) is 0 Å². The third kappa shape index (κ3) is 3.42. The van der Waals surface area contributed by atoms with Crippen molar-refractivity contribution >= 4 is 11.9 Å². The molecule has 1 amide bonds. The summed E-state index contributed by atoms with van der Waals surface area (Å²) >= 11 is 0. The minimum atomic E-state index is -0.865. The number of carboxylic acids is 1. The molecule has 1 aromatic heterocycles. The van der Waals surface area contributed by atoms with Crippen LogP contribution in [0.2, 0.25) is 0 Å². The summed E-state index contributed by atoms with van der Waals surface area (Å²) in [6, 6.07) is 1.70. The van der Waals surface area contributed by atoms with Gasteiger partial charge in [-0.05, 0) is 18.9 Å². The molecule has 1 aromatic rings. The van der Waals surface area contributed by atoms with E-state index in [-0.39, 0.29) is 24.0 Å². The zero-order valence-corrected chi connectivity index (χ0v) is 9.32. The van der Waals surface area contributed by atoms with E-state index in [2.05, 4.69) is 5.32 Å². The van der Waals surface area contributed by atoms with Crippen LogP contribution in [-0.2, 0) is 4.79 Å². The largest absolute Gasteiger partial charge is 0.481 e. The van der Waals surface area contributed by atoms with Crippen LogP contribution in [0.1, 0.15) is 29.5 Å². The van der Waals surface area contributed by atoms with Crippen molar-refractivity contribution in [1.29, 1.82) is 0 Å². The summed E-state index contributed by atoms with van der Waals surface area (Å²) < 4.78 is 5.01. The second-order valence-electron chi connectivity index (χ2n) is 3.85. The Bertz CT molecular complexity index is 383. The van der Waals surface area contributed by atoms with E-state index < -0.39 is 5.97 Å². The number of amides is 1. The van der Waals surface area contributed by atoms with Crippen LogP contribution >= 0.6 is 0 Å². The van der Waals surface area contributed by atoms with E-state index in [1.54, 1.807) is 19.9 Å². The first-order valence-electron chi connectivity index (χ1n) is 5.04. The number of hydrogen-bond acceptors (Lipinski definition) is 3. The molecule has 0 fully saturated rings.